The molecule has 0 aliphatic carbocycles. The van der Waals surface area contributed by atoms with Crippen molar-refractivity contribution in [1.29, 1.82) is 5.26 Å². The molecule has 0 aliphatic rings. The molecule has 0 bridgehead atoms. The van der Waals surface area contributed by atoms with Crippen LogP contribution in [0.15, 0.2) is 60.7 Å². The Balaban J connectivity index is 2.02. The number of nitriles is 1. The molecule has 0 heterocycles. The van der Waals surface area contributed by atoms with Gasteiger partial charge in [-0.1, -0.05) is 60.7 Å². The fraction of sp³-hybridized carbons (Fsp3) is 0.176. The molecular weight excluding hydrogens is 264 g/mol. The summed E-state index contributed by atoms with van der Waals surface area (Å²) in [6.07, 6.45) is 0.123. The van der Waals surface area contributed by atoms with Crippen molar-refractivity contribution in [3.8, 4) is 6.07 Å². The van der Waals surface area contributed by atoms with Crippen molar-refractivity contribution in [3.63, 3.8) is 0 Å². The van der Waals surface area contributed by atoms with Gasteiger partial charge in [-0.3, -0.25) is 0 Å². The van der Waals surface area contributed by atoms with Crippen LogP contribution >= 0.6 is 0 Å². The number of rotatable bonds is 5. The van der Waals surface area contributed by atoms with Crippen molar-refractivity contribution in [1.82, 2.24) is 0 Å². The number of nitrogens with zero attached hydrogens (tertiary/aromatic N) is 1. The van der Waals surface area contributed by atoms with E-state index in [2.05, 4.69) is 0 Å². The molecule has 21 heavy (non-hydrogen) atoms. The molecule has 0 saturated carbocycles. The number of carbonyl (C=O) groups is 1. The van der Waals surface area contributed by atoms with Crippen molar-refractivity contribution >= 4 is 5.97 Å². The zero-order valence-electron chi connectivity index (χ0n) is 11.5. The number of hydrogen-bond donors (Lipinski definition) is 1. The van der Waals surface area contributed by atoms with E-state index in [1.807, 2.05) is 66.7 Å². The van der Waals surface area contributed by atoms with Gasteiger partial charge in [0.2, 0.25) is 5.54 Å². The second-order valence-electron chi connectivity index (χ2n) is 4.81. The van der Waals surface area contributed by atoms with E-state index in [9.17, 15) is 10.1 Å². The first-order chi connectivity index (χ1) is 10.1. The highest BCUT2D eigenvalue weighted by Crippen LogP contribution is 2.13. The van der Waals surface area contributed by atoms with Gasteiger partial charge in [-0.2, -0.15) is 5.26 Å². The summed E-state index contributed by atoms with van der Waals surface area (Å²) in [5.74, 6) is -0.710. The van der Waals surface area contributed by atoms with E-state index in [-0.39, 0.29) is 13.0 Å². The predicted octanol–water partition coefficient (Wildman–Crippen LogP) is 2.19. The van der Waals surface area contributed by atoms with Gasteiger partial charge in [0.1, 0.15) is 6.61 Å². The van der Waals surface area contributed by atoms with E-state index in [4.69, 9.17) is 10.5 Å². The number of hydrogen-bond acceptors (Lipinski definition) is 4. The molecule has 1 unspecified atom stereocenters. The van der Waals surface area contributed by atoms with Crippen LogP contribution in [0.1, 0.15) is 11.1 Å². The maximum absolute atomic E-state index is 12.1. The van der Waals surface area contributed by atoms with E-state index in [0.29, 0.717) is 0 Å². The van der Waals surface area contributed by atoms with Gasteiger partial charge >= 0.3 is 5.97 Å². The van der Waals surface area contributed by atoms with Crippen LogP contribution < -0.4 is 5.73 Å². The predicted molar refractivity (Wildman–Crippen MR) is 78.9 cm³/mol. The van der Waals surface area contributed by atoms with Crippen molar-refractivity contribution in [2.24, 2.45) is 5.73 Å². The Kier molecular flexibility index (Phi) is 4.70. The Bertz CT molecular complexity index is 635. The van der Waals surface area contributed by atoms with E-state index < -0.39 is 11.5 Å². The molecule has 106 valence electrons. The standard InChI is InChI=1S/C17H16N2O2/c18-13-17(19,11-14-7-3-1-4-8-14)16(20)21-12-15-9-5-2-6-10-15/h1-10H,11-12,19H2. The van der Waals surface area contributed by atoms with E-state index in [1.54, 1.807) is 0 Å². The Morgan fingerprint density at radius 1 is 1.05 bits per heavy atom. The van der Waals surface area contributed by atoms with Gasteiger partial charge in [0, 0.05) is 6.42 Å². The van der Waals surface area contributed by atoms with Crippen molar-refractivity contribution < 1.29 is 9.53 Å². The van der Waals surface area contributed by atoms with Gasteiger partial charge in [0.25, 0.3) is 0 Å². The molecule has 0 aromatic heterocycles. The molecule has 0 aliphatic heterocycles. The summed E-state index contributed by atoms with van der Waals surface area (Å²) in [7, 11) is 0. The lowest BCUT2D eigenvalue weighted by Gasteiger charge is -2.19. The molecular formula is C17H16N2O2. The van der Waals surface area contributed by atoms with Gasteiger partial charge < -0.3 is 10.5 Å². The summed E-state index contributed by atoms with van der Waals surface area (Å²) in [5.41, 5.74) is 5.90. The number of esters is 1. The summed E-state index contributed by atoms with van der Waals surface area (Å²) in [6, 6.07) is 20.3. The van der Waals surface area contributed by atoms with Gasteiger partial charge in [-0.25, -0.2) is 4.79 Å². The Labute approximate surface area is 123 Å². The largest absolute Gasteiger partial charge is 0.459 e. The van der Waals surface area contributed by atoms with Crippen LogP contribution in [-0.4, -0.2) is 11.5 Å². The molecule has 4 nitrogen and oxygen atoms in total. The number of ether oxygens (including phenoxy) is 1. The van der Waals surface area contributed by atoms with Crippen LogP contribution in [-0.2, 0) is 22.6 Å². The molecule has 2 rings (SSSR count). The first-order valence-corrected chi connectivity index (χ1v) is 6.59. The fourth-order valence-corrected chi connectivity index (χ4v) is 1.93. The molecule has 2 aromatic rings. The SMILES string of the molecule is N#CC(N)(Cc1ccccc1)C(=O)OCc1ccccc1. The van der Waals surface area contributed by atoms with Crippen molar-refractivity contribution in [2.45, 2.75) is 18.6 Å². The molecule has 0 amide bonds. The lowest BCUT2D eigenvalue weighted by Crippen LogP contribution is -2.49. The quantitative estimate of drug-likeness (QED) is 0.852. The van der Waals surface area contributed by atoms with Crippen molar-refractivity contribution in [2.75, 3.05) is 0 Å². The van der Waals surface area contributed by atoms with Crippen LogP contribution in [0.4, 0.5) is 0 Å². The molecule has 2 aromatic carbocycles. The first-order valence-electron chi connectivity index (χ1n) is 6.59. The monoisotopic (exact) mass is 280 g/mol. The fourth-order valence-electron chi connectivity index (χ4n) is 1.93. The molecule has 0 saturated heterocycles. The summed E-state index contributed by atoms with van der Waals surface area (Å²) < 4.78 is 5.17. The third kappa shape index (κ3) is 3.91. The van der Waals surface area contributed by atoms with Crippen LogP contribution in [0, 0.1) is 11.3 Å². The molecule has 4 heteroatoms. The molecule has 1 atom stereocenters. The van der Waals surface area contributed by atoms with Crippen LogP contribution in [0.2, 0.25) is 0 Å². The lowest BCUT2D eigenvalue weighted by molar-refractivity contribution is -0.149. The average Bonchev–Trinajstić information content (AvgIpc) is 2.54. The van der Waals surface area contributed by atoms with E-state index >= 15 is 0 Å². The third-order valence-corrected chi connectivity index (χ3v) is 3.10. The second-order valence-corrected chi connectivity index (χ2v) is 4.81. The molecule has 2 N–H and O–H groups in total. The van der Waals surface area contributed by atoms with Gasteiger partial charge in [-0.05, 0) is 11.1 Å². The Hall–Kier alpha value is -2.64. The molecule has 0 spiro atoms. The minimum absolute atomic E-state index is 0.106. The minimum atomic E-state index is -1.67. The number of nitrogens with two attached hydrogens (primary N) is 1. The van der Waals surface area contributed by atoms with Gasteiger partial charge in [0.15, 0.2) is 0 Å². The van der Waals surface area contributed by atoms with E-state index in [1.165, 1.54) is 0 Å². The highest BCUT2D eigenvalue weighted by molar-refractivity contribution is 5.84. The Morgan fingerprint density at radius 3 is 2.10 bits per heavy atom. The average molecular weight is 280 g/mol. The van der Waals surface area contributed by atoms with E-state index in [0.717, 1.165) is 11.1 Å². The summed E-state index contributed by atoms with van der Waals surface area (Å²) in [4.78, 5) is 12.1. The first kappa shape index (κ1) is 14.8. The molecule has 0 fully saturated rings. The highest BCUT2D eigenvalue weighted by Gasteiger charge is 2.36. The number of carbonyl (C=O) groups excluding carboxylic acids is 1. The summed E-state index contributed by atoms with van der Waals surface area (Å²) in [5, 5.41) is 9.24. The lowest BCUT2D eigenvalue weighted by atomic mass is 9.93. The van der Waals surface area contributed by atoms with Crippen LogP contribution in [0.25, 0.3) is 0 Å². The van der Waals surface area contributed by atoms with Gasteiger partial charge in [-0.15, -0.1) is 0 Å². The normalized spacial score (nSPS) is 13.0. The summed E-state index contributed by atoms with van der Waals surface area (Å²) >= 11 is 0. The maximum atomic E-state index is 12.1. The van der Waals surface area contributed by atoms with Crippen molar-refractivity contribution in [3.05, 3.63) is 71.8 Å². The second kappa shape index (κ2) is 6.69. The Morgan fingerprint density at radius 2 is 1.57 bits per heavy atom. The summed E-state index contributed by atoms with van der Waals surface area (Å²) in [6.45, 7) is 0.106. The zero-order valence-corrected chi connectivity index (χ0v) is 11.5. The van der Waals surface area contributed by atoms with Crippen LogP contribution in [0.5, 0.6) is 0 Å². The smallest absolute Gasteiger partial charge is 0.341 e. The number of benzene rings is 2. The topological polar surface area (TPSA) is 76.1 Å². The minimum Gasteiger partial charge on any atom is -0.459 e. The maximum Gasteiger partial charge on any atom is 0.341 e. The van der Waals surface area contributed by atoms with Gasteiger partial charge in [0.05, 0.1) is 6.07 Å². The third-order valence-electron chi connectivity index (χ3n) is 3.10. The highest BCUT2D eigenvalue weighted by atomic mass is 16.5. The molecule has 0 radical (unpaired) electrons. The van der Waals surface area contributed by atoms with Crippen LogP contribution in [0.3, 0.4) is 0 Å². The zero-order chi connectivity index (χ0) is 15.1.